The van der Waals surface area contributed by atoms with Crippen molar-refractivity contribution in [3.63, 3.8) is 0 Å². The molecule has 0 aromatic carbocycles. The summed E-state index contributed by atoms with van der Waals surface area (Å²) in [6.07, 6.45) is 1.86. The molecule has 14 heavy (non-hydrogen) atoms. The fourth-order valence-electron chi connectivity index (χ4n) is 0.910. The van der Waals surface area contributed by atoms with Gasteiger partial charge in [0.25, 0.3) is 0 Å². The first-order valence-electron chi connectivity index (χ1n) is 4.09. The van der Waals surface area contributed by atoms with E-state index in [0.29, 0.717) is 12.3 Å². The highest BCUT2D eigenvalue weighted by atomic mass is 79.9. The number of nitrogens with zero attached hydrogens (tertiary/aromatic N) is 1. The molecule has 3 nitrogen and oxygen atoms in total. The summed E-state index contributed by atoms with van der Waals surface area (Å²) >= 11 is 6.64. The molecule has 76 valence electrons. The van der Waals surface area contributed by atoms with E-state index < -0.39 is 0 Å². The van der Waals surface area contributed by atoms with E-state index in [-0.39, 0.29) is 12.4 Å². The fraction of sp³-hybridized carbons (Fsp3) is 0.333. The Kier molecular flexibility index (Phi) is 4.54. The Hall–Kier alpha value is -0.420. The van der Waals surface area contributed by atoms with Crippen LogP contribution >= 0.6 is 31.9 Å². The number of pyridine rings is 1. The summed E-state index contributed by atoms with van der Waals surface area (Å²) in [6.45, 7) is 2.18. The van der Waals surface area contributed by atoms with Crippen LogP contribution in [0.2, 0.25) is 0 Å². The summed E-state index contributed by atoms with van der Waals surface area (Å²) in [4.78, 5) is 15.2. The molecule has 0 atom stereocenters. The number of hydrogen-bond donors (Lipinski definition) is 0. The maximum atomic E-state index is 11.1. The maximum absolute atomic E-state index is 11.1. The maximum Gasteiger partial charge on any atom is 0.311 e. The second-order valence-electron chi connectivity index (χ2n) is 2.57. The topological polar surface area (TPSA) is 39.2 Å². The van der Waals surface area contributed by atoms with Crippen molar-refractivity contribution >= 4 is 37.8 Å². The van der Waals surface area contributed by atoms with Gasteiger partial charge in [-0.15, -0.1) is 0 Å². The van der Waals surface area contributed by atoms with Gasteiger partial charge in [-0.25, -0.2) is 0 Å². The largest absolute Gasteiger partial charge is 0.466 e. The lowest BCUT2D eigenvalue weighted by Crippen LogP contribution is -2.08. The van der Waals surface area contributed by atoms with Gasteiger partial charge in [-0.1, -0.05) is 0 Å². The van der Waals surface area contributed by atoms with E-state index in [9.17, 15) is 4.79 Å². The molecule has 0 aliphatic rings. The van der Waals surface area contributed by atoms with Crippen LogP contribution in [0.1, 0.15) is 12.6 Å². The zero-order chi connectivity index (χ0) is 10.6. The normalized spacial score (nSPS) is 9.93. The predicted octanol–water partition coefficient (Wildman–Crippen LogP) is 2.71. The quantitative estimate of drug-likeness (QED) is 0.803. The molecule has 0 unspecified atom stereocenters. The molecule has 0 amide bonds. The summed E-state index contributed by atoms with van der Waals surface area (Å²) in [5.74, 6) is -0.255. The molecular formula is C9H9Br2NO2. The summed E-state index contributed by atoms with van der Waals surface area (Å²) in [7, 11) is 0. The second kappa shape index (κ2) is 5.46. The van der Waals surface area contributed by atoms with Crippen molar-refractivity contribution in [1.82, 2.24) is 4.98 Å². The Morgan fingerprint density at radius 3 is 2.79 bits per heavy atom. The number of rotatable bonds is 3. The van der Waals surface area contributed by atoms with Gasteiger partial charge in [0.05, 0.1) is 23.2 Å². The lowest BCUT2D eigenvalue weighted by molar-refractivity contribution is -0.142. The molecule has 1 aromatic rings. The zero-order valence-corrected chi connectivity index (χ0v) is 10.8. The fourth-order valence-corrected chi connectivity index (χ4v) is 1.49. The van der Waals surface area contributed by atoms with Crippen LogP contribution in [0.25, 0.3) is 0 Å². The lowest BCUT2D eigenvalue weighted by atomic mass is 10.3. The van der Waals surface area contributed by atoms with Gasteiger partial charge in [-0.2, -0.15) is 0 Å². The molecule has 0 aliphatic carbocycles. The number of carbonyl (C=O) groups excluding carboxylic acids is 1. The first-order valence-corrected chi connectivity index (χ1v) is 5.67. The molecule has 0 saturated heterocycles. The molecule has 0 fully saturated rings. The van der Waals surface area contributed by atoms with Crippen LogP contribution in [-0.4, -0.2) is 17.6 Å². The van der Waals surface area contributed by atoms with Gasteiger partial charge in [0.15, 0.2) is 0 Å². The standard InChI is InChI=1S/C9H9Br2NO2/c1-2-14-9(13)4-6-3-7(10)8(11)5-12-6/h3,5H,2,4H2,1H3. The van der Waals surface area contributed by atoms with Crippen LogP contribution in [0.5, 0.6) is 0 Å². The number of aromatic nitrogens is 1. The molecule has 1 heterocycles. The summed E-state index contributed by atoms with van der Waals surface area (Å²) in [6, 6.07) is 1.79. The molecular weight excluding hydrogens is 314 g/mol. The number of halogens is 2. The molecule has 1 aromatic heterocycles. The minimum absolute atomic E-state index is 0.208. The van der Waals surface area contributed by atoms with Crippen LogP contribution in [0.4, 0.5) is 0 Å². The summed E-state index contributed by atoms with van der Waals surface area (Å²) in [5, 5.41) is 0. The smallest absolute Gasteiger partial charge is 0.311 e. The summed E-state index contributed by atoms with van der Waals surface area (Å²) in [5.41, 5.74) is 0.693. The highest BCUT2D eigenvalue weighted by molar-refractivity contribution is 9.13. The van der Waals surface area contributed by atoms with Crippen molar-refractivity contribution in [3.8, 4) is 0 Å². The highest BCUT2D eigenvalue weighted by Gasteiger charge is 2.06. The Labute approximate surface area is 99.1 Å². The number of esters is 1. The monoisotopic (exact) mass is 321 g/mol. The number of carbonyl (C=O) groups is 1. The van der Waals surface area contributed by atoms with Gasteiger partial charge < -0.3 is 4.74 Å². The van der Waals surface area contributed by atoms with E-state index in [0.717, 1.165) is 8.95 Å². The second-order valence-corrected chi connectivity index (χ2v) is 4.28. The van der Waals surface area contributed by atoms with Gasteiger partial charge in [-0.3, -0.25) is 9.78 Å². The molecule has 0 bridgehead atoms. The Balaban J connectivity index is 2.68. The molecule has 0 radical (unpaired) electrons. The third-order valence-corrected chi connectivity index (χ3v) is 3.32. The van der Waals surface area contributed by atoms with E-state index in [4.69, 9.17) is 4.74 Å². The van der Waals surface area contributed by atoms with Crippen LogP contribution < -0.4 is 0 Å². The molecule has 1 rings (SSSR count). The number of ether oxygens (including phenoxy) is 1. The molecule has 0 spiro atoms. The Bertz CT molecular complexity index is 342. The van der Waals surface area contributed by atoms with Crippen molar-refractivity contribution in [2.24, 2.45) is 0 Å². The Morgan fingerprint density at radius 1 is 1.50 bits per heavy atom. The van der Waals surface area contributed by atoms with Crippen LogP contribution in [0.15, 0.2) is 21.2 Å². The minimum Gasteiger partial charge on any atom is -0.466 e. The third-order valence-electron chi connectivity index (χ3n) is 1.50. The Morgan fingerprint density at radius 2 is 2.21 bits per heavy atom. The van der Waals surface area contributed by atoms with Crippen molar-refractivity contribution in [2.75, 3.05) is 6.61 Å². The molecule has 5 heteroatoms. The van der Waals surface area contributed by atoms with Gasteiger partial charge >= 0.3 is 5.97 Å². The number of hydrogen-bond acceptors (Lipinski definition) is 3. The first-order chi connectivity index (χ1) is 6.63. The molecule has 0 aliphatic heterocycles. The van der Waals surface area contributed by atoms with Crippen molar-refractivity contribution in [3.05, 3.63) is 26.9 Å². The van der Waals surface area contributed by atoms with E-state index >= 15 is 0 Å². The van der Waals surface area contributed by atoms with Crippen molar-refractivity contribution in [2.45, 2.75) is 13.3 Å². The van der Waals surface area contributed by atoms with Crippen LogP contribution in [0.3, 0.4) is 0 Å². The van der Waals surface area contributed by atoms with Crippen molar-refractivity contribution < 1.29 is 9.53 Å². The van der Waals surface area contributed by atoms with E-state index in [1.807, 2.05) is 0 Å². The van der Waals surface area contributed by atoms with Crippen molar-refractivity contribution in [1.29, 1.82) is 0 Å². The molecule has 0 saturated carbocycles. The van der Waals surface area contributed by atoms with E-state index in [1.54, 1.807) is 19.2 Å². The lowest BCUT2D eigenvalue weighted by Gasteiger charge is -2.02. The van der Waals surface area contributed by atoms with Gasteiger partial charge in [-0.05, 0) is 44.8 Å². The predicted molar refractivity (Wildman–Crippen MR) is 60.0 cm³/mol. The average Bonchev–Trinajstić information content (AvgIpc) is 2.12. The van der Waals surface area contributed by atoms with Gasteiger partial charge in [0.2, 0.25) is 0 Å². The van der Waals surface area contributed by atoms with Gasteiger partial charge in [0.1, 0.15) is 0 Å². The summed E-state index contributed by atoms with van der Waals surface area (Å²) < 4.78 is 6.56. The minimum atomic E-state index is -0.255. The third kappa shape index (κ3) is 3.38. The van der Waals surface area contributed by atoms with Gasteiger partial charge in [0, 0.05) is 10.7 Å². The zero-order valence-electron chi connectivity index (χ0n) is 7.59. The highest BCUT2D eigenvalue weighted by Crippen LogP contribution is 2.22. The van der Waals surface area contributed by atoms with E-state index in [1.165, 1.54) is 0 Å². The first kappa shape index (κ1) is 11.7. The SMILES string of the molecule is CCOC(=O)Cc1cc(Br)c(Br)cn1. The van der Waals surface area contributed by atoms with Crippen LogP contribution in [-0.2, 0) is 16.0 Å². The average molecular weight is 323 g/mol. The molecule has 0 N–H and O–H groups in total. The van der Waals surface area contributed by atoms with E-state index in [2.05, 4.69) is 36.8 Å². The van der Waals surface area contributed by atoms with Crippen LogP contribution in [0, 0.1) is 0 Å².